The van der Waals surface area contributed by atoms with Gasteiger partial charge in [-0.3, -0.25) is 19.4 Å². The highest BCUT2D eigenvalue weighted by Crippen LogP contribution is 2.48. The molecule has 2 aliphatic rings. The van der Waals surface area contributed by atoms with E-state index >= 15 is 0 Å². The highest BCUT2D eigenvalue weighted by atomic mass is 19.4. The van der Waals surface area contributed by atoms with Crippen molar-refractivity contribution in [3.63, 3.8) is 0 Å². The van der Waals surface area contributed by atoms with Gasteiger partial charge in [-0.25, -0.2) is 9.37 Å². The molecule has 3 amide bonds. The molecule has 1 aliphatic carbocycles. The van der Waals surface area contributed by atoms with Gasteiger partial charge in [0.2, 0.25) is 17.4 Å². The molecule has 6 rings (SSSR count). The smallest absolute Gasteiger partial charge is 0.424 e. The Balaban J connectivity index is 1.40. The number of ether oxygens (including phenoxy) is 2. The predicted octanol–water partition coefficient (Wildman–Crippen LogP) is 3.41. The number of aliphatic hydroxyl groups is 1. The first-order valence-corrected chi connectivity index (χ1v) is 14.8. The molecular formula is C33H29F4N5O6. The van der Waals surface area contributed by atoms with Gasteiger partial charge in [0.25, 0.3) is 5.91 Å². The van der Waals surface area contributed by atoms with Crippen molar-refractivity contribution in [3.8, 4) is 22.8 Å². The second kappa shape index (κ2) is 12.0. The first-order valence-electron chi connectivity index (χ1n) is 14.8. The molecule has 15 heteroatoms. The van der Waals surface area contributed by atoms with Crippen LogP contribution >= 0.6 is 0 Å². The number of halogens is 4. The molecule has 48 heavy (non-hydrogen) atoms. The SMILES string of the molecule is C[C@]1(C(=O)NCC(N)=O)COc2c1cc([C@@](O)(CNC(=O)c1cc(OC3CC3)c3ncccc3c1)C(F)(F)F)nc2-c1ccc(F)cc1. The van der Waals surface area contributed by atoms with Gasteiger partial charge in [0.05, 0.1) is 24.9 Å². The normalized spacial score (nSPS) is 18.4. The van der Waals surface area contributed by atoms with Gasteiger partial charge < -0.3 is 30.9 Å². The number of nitrogens with zero attached hydrogens (tertiary/aromatic N) is 2. The van der Waals surface area contributed by atoms with E-state index in [2.05, 4.69) is 20.6 Å². The molecule has 5 N–H and O–H groups in total. The maximum absolute atomic E-state index is 14.9. The molecule has 2 aromatic carbocycles. The minimum absolute atomic E-state index is 0.0308. The number of pyridine rings is 2. The summed E-state index contributed by atoms with van der Waals surface area (Å²) in [6, 6.07) is 11.6. The van der Waals surface area contributed by atoms with E-state index in [4.69, 9.17) is 15.2 Å². The summed E-state index contributed by atoms with van der Waals surface area (Å²) in [4.78, 5) is 46.3. The van der Waals surface area contributed by atoms with Crippen molar-refractivity contribution in [3.05, 3.63) is 83.4 Å². The van der Waals surface area contributed by atoms with E-state index < -0.39 is 59.5 Å². The van der Waals surface area contributed by atoms with Crippen molar-refractivity contribution in [1.29, 1.82) is 0 Å². The number of alkyl halides is 3. The third-order valence-electron chi connectivity index (χ3n) is 8.26. The summed E-state index contributed by atoms with van der Waals surface area (Å²) in [5, 5.41) is 16.4. The number of carbonyl (C=O) groups is 3. The van der Waals surface area contributed by atoms with Crippen LogP contribution in [0.1, 0.15) is 41.4 Å². The molecule has 11 nitrogen and oxygen atoms in total. The van der Waals surface area contributed by atoms with Crippen LogP contribution in [-0.2, 0) is 20.6 Å². The van der Waals surface area contributed by atoms with E-state index in [0.717, 1.165) is 31.0 Å². The van der Waals surface area contributed by atoms with Crippen LogP contribution in [0.5, 0.6) is 11.5 Å². The quantitative estimate of drug-likeness (QED) is 0.187. The Morgan fingerprint density at radius 1 is 1.10 bits per heavy atom. The molecule has 3 heterocycles. The van der Waals surface area contributed by atoms with Crippen molar-refractivity contribution >= 4 is 28.6 Å². The number of amides is 3. The third-order valence-corrected chi connectivity index (χ3v) is 8.26. The minimum Gasteiger partial charge on any atom is -0.489 e. The number of carbonyl (C=O) groups excluding carboxylic acids is 3. The highest BCUT2D eigenvalue weighted by molar-refractivity contribution is 6.00. The minimum atomic E-state index is -5.40. The Morgan fingerprint density at radius 2 is 1.83 bits per heavy atom. The molecule has 4 aromatic rings. The number of rotatable bonds is 10. The molecule has 0 radical (unpaired) electrons. The van der Waals surface area contributed by atoms with E-state index in [0.29, 0.717) is 16.7 Å². The van der Waals surface area contributed by atoms with Crippen molar-refractivity contribution in [1.82, 2.24) is 20.6 Å². The van der Waals surface area contributed by atoms with Crippen LogP contribution in [0.4, 0.5) is 17.6 Å². The number of hydrogen-bond acceptors (Lipinski definition) is 8. The topological polar surface area (TPSA) is 166 Å². The molecule has 250 valence electrons. The third kappa shape index (κ3) is 6.08. The maximum atomic E-state index is 14.9. The molecule has 1 saturated carbocycles. The summed E-state index contributed by atoms with van der Waals surface area (Å²) < 4.78 is 70.1. The van der Waals surface area contributed by atoms with Gasteiger partial charge in [-0.1, -0.05) is 6.07 Å². The molecule has 0 unspecified atom stereocenters. The summed E-state index contributed by atoms with van der Waals surface area (Å²) in [6.07, 6.45) is -2.29. The molecule has 0 spiro atoms. The standard InChI is InChI=1S/C33H29F4N5O6/c1-31(30(45)40-14-25(38)43)16-47-28-22(31)13-24(42-27(28)17-4-6-20(34)7-5-17)32(46,33(35,36)37)15-41-29(44)19-11-18-3-2-10-39-26(18)23(12-19)48-21-8-9-21/h2-7,10-13,21,46H,8-9,14-16H2,1H3,(H2,38,43)(H,40,45)(H,41,44)/t31-,32-/m0/s1. The van der Waals surface area contributed by atoms with Crippen molar-refractivity contribution in [2.45, 2.75) is 43.1 Å². The van der Waals surface area contributed by atoms with Crippen molar-refractivity contribution in [2.75, 3.05) is 19.7 Å². The average Bonchev–Trinajstić information content (AvgIpc) is 3.81. The molecule has 1 fully saturated rings. The Morgan fingerprint density at radius 3 is 2.50 bits per heavy atom. The summed E-state index contributed by atoms with van der Waals surface area (Å²) in [7, 11) is 0. The Labute approximate surface area is 270 Å². The average molecular weight is 668 g/mol. The molecule has 1 aliphatic heterocycles. The van der Waals surface area contributed by atoms with E-state index in [-0.39, 0.29) is 40.8 Å². The molecule has 0 bridgehead atoms. The van der Waals surface area contributed by atoms with Gasteiger partial charge in [-0.15, -0.1) is 0 Å². The zero-order valence-electron chi connectivity index (χ0n) is 25.4. The second-order valence-corrected chi connectivity index (χ2v) is 11.9. The molecule has 0 saturated heterocycles. The molecule has 2 atom stereocenters. The van der Waals surface area contributed by atoms with Crippen molar-refractivity contribution < 1.29 is 46.5 Å². The predicted molar refractivity (Wildman–Crippen MR) is 162 cm³/mol. The number of hydrogen-bond donors (Lipinski definition) is 4. The fourth-order valence-corrected chi connectivity index (χ4v) is 5.34. The van der Waals surface area contributed by atoms with Gasteiger partial charge in [0, 0.05) is 28.3 Å². The van der Waals surface area contributed by atoms with E-state index in [9.17, 15) is 37.1 Å². The lowest BCUT2D eigenvalue weighted by atomic mass is 9.81. The summed E-state index contributed by atoms with van der Waals surface area (Å²) in [6.45, 7) is -0.921. The number of nitrogens with two attached hydrogens (primary N) is 1. The number of benzene rings is 2. The van der Waals surface area contributed by atoms with Gasteiger partial charge in [-0.05, 0) is 68.3 Å². The summed E-state index contributed by atoms with van der Waals surface area (Å²) >= 11 is 0. The zero-order chi connectivity index (χ0) is 34.4. The van der Waals surface area contributed by atoms with Gasteiger partial charge >= 0.3 is 6.18 Å². The van der Waals surface area contributed by atoms with E-state index in [1.54, 1.807) is 18.3 Å². The first kappa shape index (κ1) is 32.6. The van der Waals surface area contributed by atoms with Crippen LogP contribution in [0, 0.1) is 5.82 Å². The number of aromatic nitrogens is 2. The first-order chi connectivity index (χ1) is 22.7. The largest absolute Gasteiger partial charge is 0.489 e. The lowest BCUT2D eigenvalue weighted by molar-refractivity contribution is -0.265. The van der Waals surface area contributed by atoms with Gasteiger partial charge in [-0.2, -0.15) is 13.2 Å². The zero-order valence-corrected chi connectivity index (χ0v) is 25.4. The molecular weight excluding hydrogens is 638 g/mol. The summed E-state index contributed by atoms with van der Waals surface area (Å²) in [5.74, 6) is -3.00. The molecule has 2 aromatic heterocycles. The van der Waals surface area contributed by atoms with Crippen LogP contribution in [0.3, 0.4) is 0 Å². The monoisotopic (exact) mass is 667 g/mol. The van der Waals surface area contributed by atoms with Crippen molar-refractivity contribution in [2.24, 2.45) is 5.73 Å². The lowest BCUT2D eigenvalue weighted by Gasteiger charge is -2.31. The maximum Gasteiger partial charge on any atom is 0.424 e. The van der Waals surface area contributed by atoms with Crippen LogP contribution in [0.25, 0.3) is 22.2 Å². The number of nitrogens with one attached hydrogen (secondary N) is 2. The lowest BCUT2D eigenvalue weighted by Crippen LogP contribution is -2.52. The fourth-order valence-electron chi connectivity index (χ4n) is 5.34. The van der Waals surface area contributed by atoms with Crippen LogP contribution < -0.4 is 25.8 Å². The second-order valence-electron chi connectivity index (χ2n) is 11.9. The Kier molecular flexibility index (Phi) is 8.19. The van der Waals surface area contributed by atoms with E-state index in [1.807, 2.05) is 0 Å². The Bertz CT molecular complexity index is 1930. The van der Waals surface area contributed by atoms with Crippen LogP contribution in [0.2, 0.25) is 0 Å². The Hall–Kier alpha value is -5.31. The van der Waals surface area contributed by atoms with Gasteiger partial charge in [0.15, 0.2) is 0 Å². The van der Waals surface area contributed by atoms with Crippen LogP contribution in [0.15, 0.2) is 60.8 Å². The van der Waals surface area contributed by atoms with Gasteiger partial charge in [0.1, 0.15) is 40.5 Å². The number of primary amides is 1. The highest BCUT2D eigenvalue weighted by Gasteiger charge is 2.58. The fraction of sp³-hybridized carbons (Fsp3) is 0.303. The summed E-state index contributed by atoms with van der Waals surface area (Å²) in [5.41, 5.74) is -0.999. The van der Waals surface area contributed by atoms with E-state index in [1.165, 1.54) is 31.2 Å². The number of fused-ring (bicyclic) bond motifs is 2. The van der Waals surface area contributed by atoms with Crippen LogP contribution in [-0.4, -0.2) is 64.8 Å².